The molecule has 1 aromatic carbocycles. The van der Waals surface area contributed by atoms with E-state index < -0.39 is 27.8 Å². The Kier molecular flexibility index (Phi) is 8.51. The van der Waals surface area contributed by atoms with Crippen LogP contribution in [-0.2, 0) is 19.6 Å². The van der Waals surface area contributed by atoms with E-state index in [-0.39, 0.29) is 42.1 Å². The number of sulfonamides is 1. The number of anilines is 2. The lowest BCUT2D eigenvalue weighted by Crippen LogP contribution is -2.43. The van der Waals surface area contributed by atoms with Gasteiger partial charge in [-0.15, -0.1) is 0 Å². The number of aromatic nitrogens is 3. The Labute approximate surface area is 260 Å². The van der Waals surface area contributed by atoms with Crippen molar-refractivity contribution in [3.63, 3.8) is 0 Å². The molecule has 13 nitrogen and oxygen atoms in total. The van der Waals surface area contributed by atoms with Gasteiger partial charge in [0.15, 0.2) is 11.4 Å². The molecule has 0 aliphatic carbocycles. The van der Waals surface area contributed by atoms with Gasteiger partial charge in [0, 0.05) is 35.9 Å². The summed E-state index contributed by atoms with van der Waals surface area (Å²) < 4.78 is 33.3. The van der Waals surface area contributed by atoms with Crippen LogP contribution >= 0.6 is 11.6 Å². The quantitative estimate of drug-likeness (QED) is 0.408. The third-order valence-electron chi connectivity index (χ3n) is 7.37. The smallest absolute Gasteiger partial charge is 0.408 e. The van der Waals surface area contributed by atoms with E-state index in [2.05, 4.69) is 10.0 Å². The van der Waals surface area contributed by atoms with Crippen molar-refractivity contribution in [2.24, 2.45) is 0 Å². The van der Waals surface area contributed by atoms with Crippen LogP contribution in [-0.4, -0.2) is 83.2 Å². The number of carbonyl (C=O) groups is 3. The van der Waals surface area contributed by atoms with Crippen molar-refractivity contribution >= 4 is 56.6 Å². The fourth-order valence-corrected chi connectivity index (χ4v) is 6.29. The van der Waals surface area contributed by atoms with Gasteiger partial charge in [0.05, 0.1) is 35.8 Å². The first-order chi connectivity index (χ1) is 20.6. The Morgan fingerprint density at radius 1 is 1.16 bits per heavy atom. The number of Topliss-reactive ketones (excluding diaryl/α,β-unsaturated/α-hetero) is 1. The summed E-state index contributed by atoms with van der Waals surface area (Å²) in [6.07, 6.45) is 4.52. The molecule has 44 heavy (non-hydrogen) atoms. The number of hydrogen-bond acceptors (Lipinski definition) is 9. The molecule has 2 atom stereocenters. The number of likely N-dealkylation sites (tertiary alicyclic amines) is 1. The standard InChI is InChI=1S/C29H36ClN7O6S/c1-17-14-37-25(32-26(17)35-15-22(24(38)16-35)31-28(40)43-29(2,3)4)13-21(33-37)23-8-6-7-11-36(23)27(39)19-12-18(30)9-10-20(19)34-44(5,41)42/h9-10,12-14,22-23,34H,6-8,11,15-16H2,1-5H3,(H,31,40)/t22-,23+/m1/s1. The van der Waals surface area contributed by atoms with Gasteiger partial charge < -0.3 is 19.9 Å². The highest BCUT2D eigenvalue weighted by molar-refractivity contribution is 7.92. The second-order valence-electron chi connectivity index (χ2n) is 12.2. The SMILES string of the molecule is Cc1cn2nc([C@@H]3CCCCN3C(=O)c3cc(Cl)ccc3NS(C)(=O)=O)cc2nc1N1CC(=O)[C@H](NC(=O)OC(C)(C)C)C1. The first-order valence-electron chi connectivity index (χ1n) is 14.3. The summed E-state index contributed by atoms with van der Waals surface area (Å²) >= 11 is 6.21. The number of nitrogens with one attached hydrogen (secondary N) is 2. The summed E-state index contributed by atoms with van der Waals surface area (Å²) in [6, 6.07) is 5.19. The molecule has 5 rings (SSSR count). The van der Waals surface area contributed by atoms with E-state index >= 15 is 0 Å². The minimum atomic E-state index is -3.64. The maximum atomic E-state index is 13.9. The molecule has 0 saturated carbocycles. The highest BCUT2D eigenvalue weighted by atomic mass is 35.5. The van der Waals surface area contributed by atoms with Crippen LogP contribution in [0.1, 0.15) is 67.7 Å². The summed E-state index contributed by atoms with van der Waals surface area (Å²) in [6.45, 7) is 7.92. The Morgan fingerprint density at radius 2 is 1.91 bits per heavy atom. The number of rotatable bonds is 6. The Balaban J connectivity index is 1.40. The molecule has 2 saturated heterocycles. The van der Waals surface area contributed by atoms with E-state index in [9.17, 15) is 22.8 Å². The number of hydrogen-bond donors (Lipinski definition) is 2. The number of nitrogens with zero attached hydrogens (tertiary/aromatic N) is 5. The maximum Gasteiger partial charge on any atom is 0.408 e. The van der Waals surface area contributed by atoms with Crippen molar-refractivity contribution < 1.29 is 27.5 Å². The van der Waals surface area contributed by atoms with Crippen molar-refractivity contribution in [3.8, 4) is 0 Å². The zero-order valence-corrected chi connectivity index (χ0v) is 26.8. The van der Waals surface area contributed by atoms with E-state index in [0.29, 0.717) is 35.1 Å². The minimum absolute atomic E-state index is 0.0832. The van der Waals surface area contributed by atoms with Gasteiger partial charge in [-0.3, -0.25) is 14.3 Å². The van der Waals surface area contributed by atoms with Crippen molar-refractivity contribution in [1.29, 1.82) is 0 Å². The number of benzene rings is 1. The molecule has 236 valence electrons. The maximum absolute atomic E-state index is 13.9. The van der Waals surface area contributed by atoms with Crippen LogP contribution in [0.4, 0.5) is 16.3 Å². The average molecular weight is 646 g/mol. The molecule has 2 amide bonds. The summed E-state index contributed by atoms with van der Waals surface area (Å²) in [5.41, 5.74) is 1.59. The molecule has 2 N–H and O–H groups in total. The number of fused-ring (bicyclic) bond motifs is 1. The van der Waals surface area contributed by atoms with Crippen molar-refractivity contribution in [2.75, 3.05) is 35.5 Å². The van der Waals surface area contributed by atoms with E-state index in [1.807, 2.05) is 24.1 Å². The molecule has 0 spiro atoms. The van der Waals surface area contributed by atoms with Crippen LogP contribution in [0.25, 0.3) is 5.65 Å². The van der Waals surface area contributed by atoms with Crippen LogP contribution in [0, 0.1) is 6.92 Å². The van der Waals surface area contributed by atoms with Crippen molar-refractivity contribution in [2.45, 2.75) is 64.6 Å². The number of ketones is 1. The topological polar surface area (TPSA) is 155 Å². The molecule has 2 aliphatic rings. The lowest BCUT2D eigenvalue weighted by atomic mass is 9.98. The normalized spacial score (nSPS) is 19.4. The third kappa shape index (κ3) is 7.07. The van der Waals surface area contributed by atoms with Crippen LogP contribution < -0.4 is 14.9 Å². The van der Waals surface area contributed by atoms with Crippen LogP contribution in [0.5, 0.6) is 0 Å². The van der Waals surface area contributed by atoms with Gasteiger partial charge in [0.2, 0.25) is 10.0 Å². The number of amides is 2. The number of carbonyl (C=O) groups excluding carboxylic acids is 3. The van der Waals surface area contributed by atoms with E-state index in [1.165, 1.54) is 18.2 Å². The first kappa shape index (κ1) is 31.5. The largest absolute Gasteiger partial charge is 0.444 e. The van der Waals surface area contributed by atoms with Gasteiger partial charge in [-0.2, -0.15) is 5.10 Å². The van der Waals surface area contributed by atoms with Gasteiger partial charge in [-0.25, -0.2) is 22.7 Å². The molecule has 0 unspecified atom stereocenters. The van der Waals surface area contributed by atoms with Crippen molar-refractivity contribution in [1.82, 2.24) is 24.8 Å². The number of alkyl carbamates (subject to hydrolysis) is 1. The second-order valence-corrected chi connectivity index (χ2v) is 14.4. The minimum Gasteiger partial charge on any atom is -0.444 e. The lowest BCUT2D eigenvalue weighted by molar-refractivity contribution is -0.117. The highest BCUT2D eigenvalue weighted by Crippen LogP contribution is 2.34. The van der Waals surface area contributed by atoms with Gasteiger partial charge in [-0.1, -0.05) is 11.6 Å². The Morgan fingerprint density at radius 3 is 2.61 bits per heavy atom. The van der Waals surface area contributed by atoms with E-state index in [0.717, 1.165) is 24.7 Å². The van der Waals surface area contributed by atoms with E-state index in [1.54, 1.807) is 30.2 Å². The molecular formula is C29H36ClN7O6S. The van der Waals surface area contributed by atoms with Crippen LogP contribution in [0.15, 0.2) is 30.5 Å². The molecule has 4 heterocycles. The van der Waals surface area contributed by atoms with Crippen LogP contribution in [0.3, 0.4) is 0 Å². The van der Waals surface area contributed by atoms with Gasteiger partial charge >= 0.3 is 6.09 Å². The van der Waals surface area contributed by atoms with Crippen LogP contribution in [0.2, 0.25) is 5.02 Å². The van der Waals surface area contributed by atoms with Gasteiger partial charge in [-0.05, 0) is 65.2 Å². The number of halogens is 1. The molecule has 0 radical (unpaired) electrons. The molecule has 15 heteroatoms. The molecule has 2 fully saturated rings. The Hall–Kier alpha value is -3.91. The monoisotopic (exact) mass is 645 g/mol. The summed E-state index contributed by atoms with van der Waals surface area (Å²) in [7, 11) is -3.64. The first-order valence-corrected chi connectivity index (χ1v) is 16.6. The van der Waals surface area contributed by atoms with Gasteiger partial charge in [0.25, 0.3) is 5.91 Å². The molecule has 2 aromatic heterocycles. The fourth-order valence-electron chi connectivity index (χ4n) is 5.54. The summed E-state index contributed by atoms with van der Waals surface area (Å²) in [5, 5.41) is 7.72. The van der Waals surface area contributed by atoms with Gasteiger partial charge in [0.1, 0.15) is 17.5 Å². The number of aryl methyl sites for hydroxylation is 1. The second kappa shape index (κ2) is 11.9. The zero-order chi connectivity index (χ0) is 32.0. The molecule has 0 bridgehead atoms. The molecule has 2 aliphatic heterocycles. The van der Waals surface area contributed by atoms with E-state index in [4.69, 9.17) is 26.4 Å². The number of piperidine rings is 1. The molecular weight excluding hydrogens is 610 g/mol. The summed E-state index contributed by atoms with van der Waals surface area (Å²) in [4.78, 5) is 47.2. The summed E-state index contributed by atoms with van der Waals surface area (Å²) in [5.74, 6) is 0.0929. The zero-order valence-electron chi connectivity index (χ0n) is 25.3. The molecule has 3 aromatic rings. The fraction of sp³-hybridized carbons (Fsp3) is 0.483. The lowest BCUT2D eigenvalue weighted by Gasteiger charge is -2.35. The predicted molar refractivity (Wildman–Crippen MR) is 166 cm³/mol. The highest BCUT2D eigenvalue weighted by Gasteiger charge is 2.36. The Bertz CT molecular complexity index is 1740. The van der Waals surface area contributed by atoms with Crippen molar-refractivity contribution in [3.05, 3.63) is 52.3 Å². The third-order valence-corrected chi connectivity index (χ3v) is 8.19. The average Bonchev–Trinajstić information content (AvgIpc) is 3.49. The predicted octanol–water partition coefficient (Wildman–Crippen LogP) is 3.71. The number of ether oxygens (including phenoxy) is 1.